The molecule has 1 aliphatic heterocycles. The van der Waals surface area contributed by atoms with Gasteiger partial charge in [0.2, 0.25) is 5.91 Å². The van der Waals surface area contributed by atoms with Crippen molar-refractivity contribution < 1.29 is 14.3 Å². The van der Waals surface area contributed by atoms with Crippen molar-refractivity contribution in [2.24, 2.45) is 5.73 Å². The SMILES string of the molecule is Cl.NCCOc1ccc(NC(=O)CC2CCCCO2)cc1. The van der Waals surface area contributed by atoms with Crippen molar-refractivity contribution in [3.05, 3.63) is 24.3 Å². The van der Waals surface area contributed by atoms with Crippen LogP contribution in [0.4, 0.5) is 5.69 Å². The summed E-state index contributed by atoms with van der Waals surface area (Å²) in [6.07, 6.45) is 3.70. The zero-order chi connectivity index (χ0) is 14.2. The van der Waals surface area contributed by atoms with Gasteiger partial charge < -0.3 is 20.5 Å². The molecule has 6 heteroatoms. The van der Waals surface area contributed by atoms with Crippen LogP contribution < -0.4 is 15.8 Å². The third kappa shape index (κ3) is 6.33. The monoisotopic (exact) mass is 314 g/mol. The number of hydrogen-bond acceptors (Lipinski definition) is 4. The molecule has 1 amide bonds. The molecule has 3 N–H and O–H groups in total. The highest BCUT2D eigenvalue weighted by molar-refractivity contribution is 5.91. The van der Waals surface area contributed by atoms with Crippen LogP contribution in [0.5, 0.6) is 5.75 Å². The molecule has 0 radical (unpaired) electrons. The Kier molecular flexibility index (Phi) is 8.12. The van der Waals surface area contributed by atoms with E-state index in [1.54, 1.807) is 0 Å². The number of rotatable bonds is 6. The molecular formula is C15H23ClN2O3. The van der Waals surface area contributed by atoms with Crippen LogP contribution >= 0.6 is 12.4 Å². The molecule has 0 aliphatic carbocycles. The van der Waals surface area contributed by atoms with E-state index in [4.69, 9.17) is 15.2 Å². The largest absolute Gasteiger partial charge is 0.492 e. The van der Waals surface area contributed by atoms with Crippen LogP contribution in [0.1, 0.15) is 25.7 Å². The van der Waals surface area contributed by atoms with Crippen LogP contribution in [0.2, 0.25) is 0 Å². The van der Waals surface area contributed by atoms with Crippen molar-refractivity contribution in [3.8, 4) is 5.75 Å². The van der Waals surface area contributed by atoms with Gasteiger partial charge in [0.05, 0.1) is 12.5 Å². The van der Waals surface area contributed by atoms with Crippen molar-refractivity contribution in [2.45, 2.75) is 31.8 Å². The standard InChI is InChI=1S/C15H22N2O3.ClH/c16-8-10-20-13-6-4-12(5-7-13)17-15(18)11-14-3-1-2-9-19-14;/h4-7,14H,1-3,8-11,16H2,(H,17,18);1H. The summed E-state index contributed by atoms with van der Waals surface area (Å²) in [5, 5.41) is 2.87. The molecule has 2 rings (SSSR count). The molecule has 0 saturated carbocycles. The van der Waals surface area contributed by atoms with E-state index in [2.05, 4.69) is 5.32 Å². The van der Waals surface area contributed by atoms with Gasteiger partial charge in [0.1, 0.15) is 12.4 Å². The molecule has 1 saturated heterocycles. The first-order valence-electron chi connectivity index (χ1n) is 7.12. The van der Waals surface area contributed by atoms with Crippen LogP contribution in [0.25, 0.3) is 0 Å². The van der Waals surface area contributed by atoms with E-state index >= 15 is 0 Å². The molecule has 118 valence electrons. The van der Waals surface area contributed by atoms with Crippen LogP contribution in [0.3, 0.4) is 0 Å². The summed E-state index contributed by atoms with van der Waals surface area (Å²) in [5.41, 5.74) is 6.14. The first-order valence-corrected chi connectivity index (χ1v) is 7.12. The van der Waals surface area contributed by atoms with E-state index in [0.29, 0.717) is 19.6 Å². The second-order valence-corrected chi connectivity index (χ2v) is 4.90. The molecule has 1 fully saturated rings. The second kappa shape index (κ2) is 9.60. The van der Waals surface area contributed by atoms with Crippen LogP contribution in [-0.4, -0.2) is 31.8 Å². The number of halogens is 1. The number of ether oxygens (including phenoxy) is 2. The van der Waals surface area contributed by atoms with Crippen molar-refractivity contribution in [3.63, 3.8) is 0 Å². The van der Waals surface area contributed by atoms with Crippen LogP contribution in [0, 0.1) is 0 Å². The Bertz CT molecular complexity index is 419. The lowest BCUT2D eigenvalue weighted by Gasteiger charge is -2.21. The zero-order valence-corrected chi connectivity index (χ0v) is 12.9. The van der Waals surface area contributed by atoms with Gasteiger partial charge in [-0.05, 0) is 43.5 Å². The first kappa shape index (κ1) is 17.8. The number of hydrogen-bond donors (Lipinski definition) is 2. The third-order valence-corrected chi connectivity index (χ3v) is 3.21. The summed E-state index contributed by atoms with van der Waals surface area (Å²) < 4.78 is 10.9. The molecule has 1 aliphatic rings. The fourth-order valence-corrected chi connectivity index (χ4v) is 2.20. The third-order valence-electron chi connectivity index (χ3n) is 3.21. The molecular weight excluding hydrogens is 292 g/mol. The minimum Gasteiger partial charge on any atom is -0.492 e. The Balaban J connectivity index is 0.00000220. The minimum atomic E-state index is -0.00692. The van der Waals surface area contributed by atoms with Crippen molar-refractivity contribution in [2.75, 3.05) is 25.1 Å². The summed E-state index contributed by atoms with van der Waals surface area (Å²) in [6, 6.07) is 7.29. The maximum absolute atomic E-state index is 11.9. The maximum Gasteiger partial charge on any atom is 0.226 e. The van der Waals surface area contributed by atoms with Crippen molar-refractivity contribution in [1.29, 1.82) is 0 Å². The lowest BCUT2D eigenvalue weighted by molar-refractivity contribution is -0.119. The summed E-state index contributed by atoms with van der Waals surface area (Å²) >= 11 is 0. The predicted molar refractivity (Wildman–Crippen MR) is 85.1 cm³/mol. The Labute approximate surface area is 131 Å². The van der Waals surface area contributed by atoms with E-state index in [0.717, 1.165) is 37.3 Å². The highest BCUT2D eigenvalue weighted by atomic mass is 35.5. The average molecular weight is 315 g/mol. The molecule has 0 spiro atoms. The van der Waals surface area contributed by atoms with Gasteiger partial charge in [-0.3, -0.25) is 4.79 Å². The molecule has 21 heavy (non-hydrogen) atoms. The van der Waals surface area contributed by atoms with Gasteiger partial charge in [0.25, 0.3) is 0 Å². The normalized spacial score (nSPS) is 17.7. The molecule has 1 heterocycles. The molecule has 0 aromatic heterocycles. The Morgan fingerprint density at radius 1 is 1.33 bits per heavy atom. The van der Waals surface area contributed by atoms with E-state index in [1.165, 1.54) is 0 Å². The Morgan fingerprint density at radius 2 is 2.10 bits per heavy atom. The number of anilines is 1. The maximum atomic E-state index is 11.9. The van der Waals surface area contributed by atoms with Gasteiger partial charge in [-0.2, -0.15) is 0 Å². The highest BCUT2D eigenvalue weighted by Crippen LogP contribution is 2.18. The van der Waals surface area contributed by atoms with Crippen LogP contribution in [-0.2, 0) is 9.53 Å². The van der Waals surface area contributed by atoms with Gasteiger partial charge in [-0.25, -0.2) is 0 Å². The first-order chi connectivity index (χ1) is 9.78. The number of nitrogens with one attached hydrogen (secondary N) is 1. The van der Waals surface area contributed by atoms with E-state index < -0.39 is 0 Å². The van der Waals surface area contributed by atoms with Gasteiger partial charge in [0.15, 0.2) is 0 Å². The van der Waals surface area contributed by atoms with E-state index in [9.17, 15) is 4.79 Å². The second-order valence-electron chi connectivity index (χ2n) is 4.90. The Hall–Kier alpha value is -1.30. The smallest absolute Gasteiger partial charge is 0.226 e. The highest BCUT2D eigenvalue weighted by Gasteiger charge is 2.17. The van der Waals surface area contributed by atoms with Crippen LogP contribution in [0.15, 0.2) is 24.3 Å². The fraction of sp³-hybridized carbons (Fsp3) is 0.533. The molecule has 1 unspecified atom stereocenters. The number of amides is 1. The summed E-state index contributed by atoms with van der Waals surface area (Å²) in [7, 11) is 0. The summed E-state index contributed by atoms with van der Waals surface area (Å²) in [4.78, 5) is 11.9. The fourth-order valence-electron chi connectivity index (χ4n) is 2.20. The number of carbonyl (C=O) groups is 1. The predicted octanol–water partition coefficient (Wildman–Crippen LogP) is 2.34. The molecule has 0 bridgehead atoms. The molecule has 1 aromatic carbocycles. The molecule has 1 atom stereocenters. The number of nitrogens with two attached hydrogens (primary N) is 1. The van der Waals surface area contributed by atoms with E-state index in [-0.39, 0.29) is 24.4 Å². The average Bonchev–Trinajstić information content (AvgIpc) is 2.47. The summed E-state index contributed by atoms with van der Waals surface area (Å²) in [6.45, 7) is 1.75. The van der Waals surface area contributed by atoms with Gasteiger partial charge >= 0.3 is 0 Å². The lowest BCUT2D eigenvalue weighted by atomic mass is 10.1. The topological polar surface area (TPSA) is 73.6 Å². The van der Waals surface area contributed by atoms with Crippen molar-refractivity contribution >= 4 is 24.0 Å². The lowest BCUT2D eigenvalue weighted by Crippen LogP contribution is -2.25. The number of benzene rings is 1. The van der Waals surface area contributed by atoms with Gasteiger partial charge in [0, 0.05) is 18.8 Å². The number of carbonyl (C=O) groups excluding carboxylic acids is 1. The van der Waals surface area contributed by atoms with Crippen molar-refractivity contribution in [1.82, 2.24) is 0 Å². The Morgan fingerprint density at radius 3 is 2.71 bits per heavy atom. The van der Waals surface area contributed by atoms with Gasteiger partial charge in [-0.1, -0.05) is 0 Å². The van der Waals surface area contributed by atoms with Gasteiger partial charge in [-0.15, -0.1) is 12.4 Å². The van der Waals surface area contributed by atoms with E-state index in [1.807, 2.05) is 24.3 Å². The quantitative estimate of drug-likeness (QED) is 0.845. The zero-order valence-electron chi connectivity index (χ0n) is 12.0. The summed E-state index contributed by atoms with van der Waals surface area (Å²) in [5.74, 6) is 0.747. The molecule has 1 aromatic rings. The molecule has 5 nitrogen and oxygen atoms in total. The minimum absolute atomic E-state index is 0.